The van der Waals surface area contributed by atoms with Crippen LogP contribution in [0.3, 0.4) is 0 Å². The van der Waals surface area contributed by atoms with E-state index in [9.17, 15) is 19.1 Å². The van der Waals surface area contributed by atoms with Crippen molar-refractivity contribution in [1.82, 2.24) is 20.1 Å². The number of benzene rings is 2. The molecule has 0 unspecified atom stereocenters. The van der Waals surface area contributed by atoms with Crippen LogP contribution in [0.15, 0.2) is 36.4 Å². The number of hydrogen-bond donors (Lipinski definition) is 3. The van der Waals surface area contributed by atoms with E-state index in [1.54, 1.807) is 36.1 Å². The van der Waals surface area contributed by atoms with Crippen molar-refractivity contribution in [2.45, 2.75) is 50.2 Å². The third-order valence-corrected chi connectivity index (χ3v) is 8.06. The Labute approximate surface area is 206 Å². The van der Waals surface area contributed by atoms with Crippen LogP contribution in [-0.2, 0) is 11.2 Å². The van der Waals surface area contributed by atoms with E-state index in [0.29, 0.717) is 35.9 Å². The van der Waals surface area contributed by atoms with Crippen molar-refractivity contribution in [3.05, 3.63) is 64.1 Å². The Balaban J connectivity index is 1.46. The van der Waals surface area contributed by atoms with Crippen LogP contribution >= 0.6 is 11.6 Å². The van der Waals surface area contributed by atoms with Gasteiger partial charge in [-0.3, -0.25) is 14.6 Å². The molecule has 7 nitrogen and oxygen atoms in total. The van der Waals surface area contributed by atoms with Gasteiger partial charge < -0.3 is 15.4 Å². The molecule has 3 aliphatic rings. The number of aromatic nitrogens is 1. The Kier molecular flexibility index (Phi) is 5.09. The fourth-order valence-electron chi connectivity index (χ4n) is 5.74. The first kappa shape index (κ1) is 22.4. The minimum absolute atomic E-state index is 0.00157. The molecule has 2 fully saturated rings. The summed E-state index contributed by atoms with van der Waals surface area (Å²) >= 11 is 6.11. The molecule has 3 aromatic rings. The molecule has 0 spiro atoms. The lowest BCUT2D eigenvalue weighted by atomic mass is 9.81. The van der Waals surface area contributed by atoms with E-state index >= 15 is 0 Å². The standard InChI is InChI=1S/C26H26ClFN4O3/c1-26-13-18-17-11-19(27)20(28)12-21(17)30-22(18)23(14-4-2-7-16(33)10-14)32(26)25(35)31(24(26)34)9-8-29-15-5-3-6-15/h2,4,7,10-12,15,23,29-30,33H,3,5-6,8-9,13H2,1H3/t23-,26+/m1/s1. The lowest BCUT2D eigenvalue weighted by Gasteiger charge is -2.42. The van der Waals surface area contributed by atoms with Gasteiger partial charge in [-0.15, -0.1) is 0 Å². The van der Waals surface area contributed by atoms with Crippen LogP contribution in [0, 0.1) is 5.82 Å². The van der Waals surface area contributed by atoms with Gasteiger partial charge in [0.15, 0.2) is 0 Å². The smallest absolute Gasteiger partial charge is 0.328 e. The van der Waals surface area contributed by atoms with Crippen molar-refractivity contribution >= 4 is 34.4 Å². The first-order valence-corrected chi connectivity index (χ1v) is 12.3. The number of phenolic OH excluding ortho intramolecular Hbond substituents is 1. The molecule has 2 aliphatic heterocycles. The third-order valence-electron chi connectivity index (χ3n) is 7.77. The van der Waals surface area contributed by atoms with Gasteiger partial charge >= 0.3 is 6.03 Å². The molecule has 6 rings (SSSR count). The number of aromatic hydroxyl groups is 1. The van der Waals surface area contributed by atoms with Gasteiger partial charge in [0.05, 0.1) is 5.02 Å². The number of imide groups is 1. The van der Waals surface area contributed by atoms with Gasteiger partial charge in [-0.05, 0) is 55.2 Å². The van der Waals surface area contributed by atoms with Crippen molar-refractivity contribution in [3.63, 3.8) is 0 Å². The molecule has 1 aliphatic carbocycles. The number of carbonyl (C=O) groups is 2. The van der Waals surface area contributed by atoms with Gasteiger partial charge in [0.25, 0.3) is 5.91 Å². The Bertz CT molecular complexity index is 1370. The molecule has 1 aromatic heterocycles. The summed E-state index contributed by atoms with van der Waals surface area (Å²) < 4.78 is 14.3. The molecule has 35 heavy (non-hydrogen) atoms. The molecule has 182 valence electrons. The number of hydrogen-bond acceptors (Lipinski definition) is 4. The van der Waals surface area contributed by atoms with Gasteiger partial charge in [0, 0.05) is 42.1 Å². The second-order valence-corrected chi connectivity index (χ2v) is 10.4. The maximum absolute atomic E-state index is 14.3. The molecule has 0 radical (unpaired) electrons. The first-order valence-electron chi connectivity index (χ1n) is 11.9. The molecule has 1 saturated carbocycles. The average molecular weight is 497 g/mol. The summed E-state index contributed by atoms with van der Waals surface area (Å²) in [4.78, 5) is 33.8. The molecular weight excluding hydrogens is 471 g/mol. The lowest BCUT2D eigenvalue weighted by molar-refractivity contribution is -0.133. The number of nitrogens with zero attached hydrogens (tertiary/aromatic N) is 2. The minimum Gasteiger partial charge on any atom is -0.508 e. The normalized spacial score (nSPS) is 24.1. The number of H-pyrrole nitrogens is 1. The van der Waals surface area contributed by atoms with Crippen molar-refractivity contribution in [3.8, 4) is 5.75 Å². The van der Waals surface area contributed by atoms with Gasteiger partial charge in [0.1, 0.15) is 23.1 Å². The summed E-state index contributed by atoms with van der Waals surface area (Å²) in [7, 11) is 0. The lowest BCUT2D eigenvalue weighted by Crippen LogP contribution is -2.53. The minimum atomic E-state index is -1.13. The predicted molar refractivity (Wildman–Crippen MR) is 130 cm³/mol. The molecule has 2 atom stereocenters. The summed E-state index contributed by atoms with van der Waals surface area (Å²) in [5, 5.41) is 14.4. The fourth-order valence-corrected chi connectivity index (χ4v) is 5.90. The summed E-state index contributed by atoms with van der Waals surface area (Å²) in [5.74, 6) is -0.743. The van der Waals surface area contributed by atoms with Gasteiger partial charge in [-0.1, -0.05) is 30.2 Å². The third kappa shape index (κ3) is 3.34. The summed E-state index contributed by atoms with van der Waals surface area (Å²) in [6, 6.07) is 9.01. The van der Waals surface area contributed by atoms with E-state index in [1.165, 1.54) is 17.4 Å². The largest absolute Gasteiger partial charge is 0.508 e. The highest BCUT2D eigenvalue weighted by Gasteiger charge is 2.60. The van der Waals surface area contributed by atoms with Gasteiger partial charge in [0.2, 0.25) is 0 Å². The number of amides is 3. The molecule has 0 bridgehead atoms. The van der Waals surface area contributed by atoms with Crippen molar-refractivity contribution in [2.24, 2.45) is 0 Å². The van der Waals surface area contributed by atoms with Crippen LogP contribution < -0.4 is 5.32 Å². The van der Waals surface area contributed by atoms with Crippen LogP contribution in [0.5, 0.6) is 5.75 Å². The molecule has 3 N–H and O–H groups in total. The zero-order valence-electron chi connectivity index (χ0n) is 19.3. The highest BCUT2D eigenvalue weighted by atomic mass is 35.5. The van der Waals surface area contributed by atoms with Crippen LogP contribution in [-0.4, -0.2) is 56.5 Å². The summed E-state index contributed by atoms with van der Waals surface area (Å²) in [6.07, 6.45) is 3.72. The van der Waals surface area contributed by atoms with Crippen molar-refractivity contribution in [1.29, 1.82) is 0 Å². The van der Waals surface area contributed by atoms with E-state index in [-0.39, 0.29) is 29.1 Å². The second kappa shape index (κ2) is 7.96. The van der Waals surface area contributed by atoms with E-state index < -0.39 is 17.4 Å². The topological polar surface area (TPSA) is 88.7 Å². The van der Waals surface area contributed by atoms with Crippen molar-refractivity contribution in [2.75, 3.05) is 13.1 Å². The van der Waals surface area contributed by atoms with E-state index in [2.05, 4.69) is 10.3 Å². The molecule has 2 aromatic carbocycles. The van der Waals surface area contributed by atoms with Gasteiger partial charge in [-0.2, -0.15) is 0 Å². The van der Waals surface area contributed by atoms with Crippen LogP contribution in [0.4, 0.5) is 9.18 Å². The zero-order valence-corrected chi connectivity index (χ0v) is 20.0. The maximum Gasteiger partial charge on any atom is 0.328 e. The molecule has 1 saturated heterocycles. The van der Waals surface area contributed by atoms with Gasteiger partial charge in [-0.25, -0.2) is 9.18 Å². The first-order chi connectivity index (χ1) is 16.8. The number of phenols is 1. The number of urea groups is 1. The molecule has 3 heterocycles. The Morgan fingerprint density at radius 1 is 1.26 bits per heavy atom. The number of halogens is 2. The van der Waals surface area contributed by atoms with E-state index in [4.69, 9.17) is 11.6 Å². The highest BCUT2D eigenvalue weighted by molar-refractivity contribution is 6.31. The van der Waals surface area contributed by atoms with Crippen LogP contribution in [0.2, 0.25) is 5.02 Å². The highest BCUT2D eigenvalue weighted by Crippen LogP contribution is 2.49. The number of carbonyl (C=O) groups excluding carboxylic acids is 2. The Hall–Kier alpha value is -3.10. The Morgan fingerprint density at radius 2 is 2.06 bits per heavy atom. The maximum atomic E-state index is 14.3. The van der Waals surface area contributed by atoms with Crippen molar-refractivity contribution < 1.29 is 19.1 Å². The Morgan fingerprint density at radius 3 is 2.77 bits per heavy atom. The van der Waals surface area contributed by atoms with Crippen LogP contribution in [0.25, 0.3) is 10.9 Å². The SMILES string of the molecule is C[C@@]12Cc3c([nH]c4cc(F)c(Cl)cc34)[C@@H](c3cccc(O)c3)N1C(=O)N(CCNC1CCC1)C2=O. The average Bonchev–Trinajstić information content (AvgIpc) is 3.21. The number of rotatable bonds is 5. The fraction of sp³-hybridized carbons (Fsp3) is 0.385. The quantitative estimate of drug-likeness (QED) is 0.454. The van der Waals surface area contributed by atoms with E-state index in [1.807, 2.05) is 6.07 Å². The number of aromatic amines is 1. The molecular formula is C26H26ClFN4O3. The zero-order chi connectivity index (χ0) is 24.5. The molecule has 9 heteroatoms. The number of fused-ring (bicyclic) bond motifs is 4. The monoisotopic (exact) mass is 496 g/mol. The summed E-state index contributed by atoms with van der Waals surface area (Å²) in [5.41, 5.74) is 1.59. The predicted octanol–water partition coefficient (Wildman–Crippen LogP) is 4.48. The molecule has 3 amide bonds. The second-order valence-electron chi connectivity index (χ2n) is 9.97. The van der Waals surface area contributed by atoms with Crippen LogP contribution in [0.1, 0.15) is 49.0 Å². The van der Waals surface area contributed by atoms with E-state index in [0.717, 1.165) is 23.8 Å². The summed E-state index contributed by atoms with van der Waals surface area (Å²) in [6.45, 7) is 2.63. The number of nitrogens with one attached hydrogen (secondary N) is 2.